The largest absolute Gasteiger partial charge is 0.377 e. The van der Waals surface area contributed by atoms with Crippen molar-refractivity contribution in [2.45, 2.75) is 64.7 Å². The summed E-state index contributed by atoms with van der Waals surface area (Å²) in [5, 5.41) is 0. The van der Waals surface area contributed by atoms with E-state index in [2.05, 4.69) is 13.5 Å². The average Bonchev–Trinajstić information content (AvgIpc) is 2.48. The van der Waals surface area contributed by atoms with Crippen LogP contribution in [-0.4, -0.2) is 13.2 Å². The van der Waals surface area contributed by atoms with E-state index in [-0.39, 0.29) is 0 Å². The zero-order chi connectivity index (χ0) is 13.5. The predicted octanol–water partition coefficient (Wildman–Crippen LogP) is 5.21. The van der Waals surface area contributed by atoms with Crippen molar-refractivity contribution in [3.05, 3.63) is 12.7 Å². The Morgan fingerprint density at radius 3 is 1.89 bits per heavy atom. The number of hydrogen-bond donors (Lipinski definition) is 0. The minimum absolute atomic E-state index is 0.723. The van der Waals surface area contributed by atoms with Crippen LogP contribution < -0.4 is 0 Å². The fourth-order valence-corrected chi connectivity index (χ4v) is 4.21. The van der Waals surface area contributed by atoms with Gasteiger partial charge in [-0.2, -0.15) is 0 Å². The van der Waals surface area contributed by atoms with Crippen LogP contribution in [0.4, 0.5) is 0 Å². The number of hydrogen-bond acceptors (Lipinski definition) is 1. The summed E-state index contributed by atoms with van der Waals surface area (Å²) in [6, 6.07) is 0. The minimum atomic E-state index is 0.723. The summed E-state index contributed by atoms with van der Waals surface area (Å²) in [5.74, 6) is 3.95. The molecular formula is C18H32O. The Morgan fingerprint density at radius 2 is 1.42 bits per heavy atom. The van der Waals surface area contributed by atoms with Gasteiger partial charge in [-0.05, 0) is 62.2 Å². The van der Waals surface area contributed by atoms with Crippen LogP contribution in [0.1, 0.15) is 64.7 Å². The molecule has 19 heavy (non-hydrogen) atoms. The van der Waals surface area contributed by atoms with Crippen LogP contribution in [0.15, 0.2) is 12.7 Å². The molecule has 2 aliphatic rings. The van der Waals surface area contributed by atoms with E-state index in [0.717, 1.165) is 36.9 Å². The topological polar surface area (TPSA) is 9.23 Å². The maximum Gasteiger partial charge on any atom is 0.0644 e. The maximum atomic E-state index is 5.61. The van der Waals surface area contributed by atoms with E-state index in [1.54, 1.807) is 0 Å². The monoisotopic (exact) mass is 264 g/mol. The Balaban J connectivity index is 1.64. The molecule has 0 N–H and O–H groups in total. The van der Waals surface area contributed by atoms with Gasteiger partial charge in [0, 0.05) is 6.61 Å². The molecule has 2 saturated carbocycles. The first-order valence-corrected chi connectivity index (χ1v) is 8.52. The van der Waals surface area contributed by atoms with E-state index in [4.69, 9.17) is 4.74 Å². The third-order valence-electron chi connectivity index (χ3n) is 5.62. The standard InChI is InChI=1S/C18H32O/c1-3-13-19-14-16-7-11-18(12-8-16)17-9-5-15(4-2)6-10-17/h3,15-18H,1,4-14H2,2H3/t15-,16-,17-,18-. The van der Waals surface area contributed by atoms with Gasteiger partial charge in [0.15, 0.2) is 0 Å². The third kappa shape index (κ3) is 4.63. The van der Waals surface area contributed by atoms with Crippen molar-refractivity contribution >= 4 is 0 Å². The Labute approximate surface area is 119 Å². The highest BCUT2D eigenvalue weighted by Crippen LogP contribution is 2.41. The Bertz CT molecular complexity index is 244. The highest BCUT2D eigenvalue weighted by molar-refractivity contribution is 4.81. The SMILES string of the molecule is C=CCOC[C@H]1CC[C@H]([C@H]2CC[C@H](CC)CC2)CC1. The molecule has 0 aromatic heterocycles. The Kier molecular flexibility index (Phi) is 6.43. The van der Waals surface area contributed by atoms with Gasteiger partial charge in [-0.25, -0.2) is 0 Å². The first-order valence-electron chi connectivity index (χ1n) is 8.52. The summed E-state index contributed by atoms with van der Waals surface area (Å²) >= 11 is 0. The van der Waals surface area contributed by atoms with Gasteiger partial charge in [0.25, 0.3) is 0 Å². The molecule has 0 radical (unpaired) electrons. The van der Waals surface area contributed by atoms with Crippen molar-refractivity contribution in [3.63, 3.8) is 0 Å². The molecule has 2 fully saturated rings. The van der Waals surface area contributed by atoms with Crippen LogP contribution in [0.5, 0.6) is 0 Å². The molecule has 2 rings (SSSR count). The van der Waals surface area contributed by atoms with Gasteiger partial charge in [-0.3, -0.25) is 0 Å². The summed E-state index contributed by atoms with van der Waals surface area (Å²) in [7, 11) is 0. The second kappa shape index (κ2) is 8.09. The van der Waals surface area contributed by atoms with Gasteiger partial charge in [-0.1, -0.05) is 32.3 Å². The summed E-state index contributed by atoms with van der Waals surface area (Å²) < 4.78 is 5.61. The fraction of sp³-hybridized carbons (Fsp3) is 0.889. The van der Waals surface area contributed by atoms with Crippen LogP contribution in [-0.2, 0) is 4.74 Å². The zero-order valence-electron chi connectivity index (χ0n) is 12.8. The lowest BCUT2D eigenvalue weighted by atomic mass is 9.69. The maximum absolute atomic E-state index is 5.61. The van der Waals surface area contributed by atoms with Gasteiger partial charge >= 0.3 is 0 Å². The quantitative estimate of drug-likeness (QED) is 0.472. The molecule has 1 heteroatoms. The van der Waals surface area contributed by atoms with Gasteiger partial charge in [-0.15, -0.1) is 6.58 Å². The highest BCUT2D eigenvalue weighted by Gasteiger charge is 2.30. The summed E-state index contributed by atoms with van der Waals surface area (Å²) in [5.41, 5.74) is 0. The zero-order valence-corrected chi connectivity index (χ0v) is 12.8. The molecule has 2 aliphatic carbocycles. The van der Waals surface area contributed by atoms with Crippen molar-refractivity contribution in [1.29, 1.82) is 0 Å². The van der Waals surface area contributed by atoms with E-state index >= 15 is 0 Å². The van der Waals surface area contributed by atoms with E-state index in [1.807, 2.05) is 6.08 Å². The molecule has 0 saturated heterocycles. The molecule has 110 valence electrons. The summed E-state index contributed by atoms with van der Waals surface area (Å²) in [6.07, 6.45) is 15.0. The first kappa shape index (κ1) is 15.1. The average molecular weight is 264 g/mol. The van der Waals surface area contributed by atoms with Crippen LogP contribution in [0.3, 0.4) is 0 Å². The second-order valence-electron chi connectivity index (χ2n) is 6.80. The molecule has 0 spiro atoms. The second-order valence-corrected chi connectivity index (χ2v) is 6.80. The fourth-order valence-electron chi connectivity index (χ4n) is 4.21. The number of rotatable bonds is 6. The van der Waals surface area contributed by atoms with Gasteiger partial charge < -0.3 is 4.74 Å². The molecule has 0 unspecified atom stereocenters. The molecule has 0 aromatic carbocycles. The smallest absolute Gasteiger partial charge is 0.0644 e. The molecule has 0 amide bonds. The molecular weight excluding hydrogens is 232 g/mol. The van der Waals surface area contributed by atoms with Crippen molar-refractivity contribution in [3.8, 4) is 0 Å². The Hall–Kier alpha value is -0.300. The van der Waals surface area contributed by atoms with Crippen LogP contribution in [0.25, 0.3) is 0 Å². The first-order chi connectivity index (χ1) is 9.33. The lowest BCUT2D eigenvalue weighted by molar-refractivity contribution is 0.0783. The van der Waals surface area contributed by atoms with Crippen molar-refractivity contribution < 1.29 is 4.74 Å². The van der Waals surface area contributed by atoms with Gasteiger partial charge in [0.05, 0.1) is 6.61 Å². The normalized spacial score (nSPS) is 36.1. The van der Waals surface area contributed by atoms with Crippen molar-refractivity contribution in [2.24, 2.45) is 23.7 Å². The van der Waals surface area contributed by atoms with Gasteiger partial charge in [0.1, 0.15) is 0 Å². The van der Waals surface area contributed by atoms with E-state index < -0.39 is 0 Å². The van der Waals surface area contributed by atoms with E-state index in [9.17, 15) is 0 Å². The molecule has 0 bridgehead atoms. The predicted molar refractivity (Wildman–Crippen MR) is 82.2 cm³/mol. The molecule has 0 aromatic rings. The highest BCUT2D eigenvalue weighted by atomic mass is 16.5. The molecule has 0 aliphatic heterocycles. The van der Waals surface area contributed by atoms with E-state index in [1.165, 1.54) is 57.8 Å². The lowest BCUT2D eigenvalue weighted by Crippen LogP contribution is -2.27. The molecule has 0 heterocycles. The van der Waals surface area contributed by atoms with E-state index in [0.29, 0.717) is 0 Å². The Morgan fingerprint density at radius 1 is 0.895 bits per heavy atom. The van der Waals surface area contributed by atoms with Gasteiger partial charge in [0.2, 0.25) is 0 Å². The van der Waals surface area contributed by atoms with Crippen LogP contribution in [0, 0.1) is 23.7 Å². The third-order valence-corrected chi connectivity index (χ3v) is 5.62. The lowest BCUT2D eigenvalue weighted by Gasteiger charge is -2.37. The van der Waals surface area contributed by atoms with Crippen molar-refractivity contribution in [2.75, 3.05) is 13.2 Å². The molecule has 0 atom stereocenters. The minimum Gasteiger partial charge on any atom is -0.377 e. The summed E-state index contributed by atoms with van der Waals surface area (Å²) in [4.78, 5) is 0. The summed E-state index contributed by atoms with van der Waals surface area (Å²) in [6.45, 7) is 7.75. The number of ether oxygens (including phenoxy) is 1. The van der Waals surface area contributed by atoms with Crippen LogP contribution >= 0.6 is 0 Å². The van der Waals surface area contributed by atoms with Crippen molar-refractivity contribution in [1.82, 2.24) is 0 Å². The molecule has 1 nitrogen and oxygen atoms in total. The van der Waals surface area contributed by atoms with Crippen LogP contribution in [0.2, 0.25) is 0 Å².